The van der Waals surface area contributed by atoms with Crippen LogP contribution in [0.2, 0.25) is 5.02 Å². The van der Waals surface area contributed by atoms with Crippen LogP contribution in [0.25, 0.3) is 0 Å². The Bertz CT molecular complexity index is 334. The highest BCUT2D eigenvalue weighted by Crippen LogP contribution is 2.18. The first-order chi connectivity index (χ1) is 6.67. The minimum Gasteiger partial charge on any atom is -0.298 e. The predicted molar refractivity (Wildman–Crippen MR) is 60.3 cm³/mol. The van der Waals surface area contributed by atoms with Gasteiger partial charge in [-0.15, -0.1) is 11.6 Å². The van der Waals surface area contributed by atoms with Crippen LogP contribution in [0.4, 0.5) is 0 Å². The first-order valence-corrected chi connectivity index (χ1v) is 5.43. The lowest BCUT2D eigenvalue weighted by Gasteiger charge is -2.04. The Morgan fingerprint density at radius 3 is 2.71 bits per heavy atom. The molecule has 0 radical (unpaired) electrons. The number of Topliss-reactive ketones (excluding diaryl/α,β-unsaturated/α-hetero) is 1. The summed E-state index contributed by atoms with van der Waals surface area (Å²) in [7, 11) is 0. The molecule has 1 nitrogen and oxygen atoms in total. The molecule has 0 heterocycles. The van der Waals surface area contributed by atoms with E-state index in [9.17, 15) is 4.79 Å². The van der Waals surface area contributed by atoms with Crippen molar-refractivity contribution in [2.45, 2.75) is 19.8 Å². The number of aryl methyl sites for hydroxylation is 1. The maximum Gasteiger partial charge on any atom is 0.152 e. The highest BCUT2D eigenvalue weighted by Gasteiger charge is 2.06. The van der Waals surface area contributed by atoms with Crippen LogP contribution >= 0.6 is 23.2 Å². The van der Waals surface area contributed by atoms with E-state index in [4.69, 9.17) is 23.2 Å². The van der Waals surface area contributed by atoms with E-state index in [-0.39, 0.29) is 11.7 Å². The molecule has 0 aromatic heterocycles. The number of benzene rings is 1. The van der Waals surface area contributed by atoms with E-state index >= 15 is 0 Å². The Hall–Kier alpha value is -0.530. The molecular formula is C11H12Cl2O. The van der Waals surface area contributed by atoms with Gasteiger partial charge in [0, 0.05) is 11.4 Å². The van der Waals surface area contributed by atoms with Crippen molar-refractivity contribution in [3.05, 3.63) is 34.3 Å². The third-order valence-electron chi connectivity index (χ3n) is 2.06. The third-order valence-corrected chi connectivity index (χ3v) is 2.72. The molecule has 3 heteroatoms. The number of carbonyl (C=O) groups excluding carboxylic acids is 1. The van der Waals surface area contributed by atoms with E-state index in [1.54, 1.807) is 0 Å². The maximum absolute atomic E-state index is 11.1. The summed E-state index contributed by atoms with van der Waals surface area (Å²) < 4.78 is 0. The van der Waals surface area contributed by atoms with Crippen LogP contribution in [-0.4, -0.2) is 11.7 Å². The van der Waals surface area contributed by atoms with Gasteiger partial charge < -0.3 is 0 Å². The molecule has 0 aliphatic rings. The van der Waals surface area contributed by atoms with Gasteiger partial charge in [0.15, 0.2) is 5.78 Å². The number of hydrogen-bond acceptors (Lipinski definition) is 1. The fraction of sp³-hybridized carbons (Fsp3) is 0.364. The molecule has 0 bridgehead atoms. The van der Waals surface area contributed by atoms with Gasteiger partial charge in [-0.1, -0.05) is 30.7 Å². The van der Waals surface area contributed by atoms with Crippen molar-refractivity contribution < 1.29 is 4.79 Å². The lowest BCUT2D eigenvalue weighted by Crippen LogP contribution is -2.04. The Balaban J connectivity index is 2.89. The van der Waals surface area contributed by atoms with Gasteiger partial charge in [-0.3, -0.25) is 4.79 Å². The zero-order valence-electron chi connectivity index (χ0n) is 8.02. The molecule has 0 atom stereocenters. The molecule has 14 heavy (non-hydrogen) atoms. The fourth-order valence-electron chi connectivity index (χ4n) is 1.24. The summed E-state index contributed by atoms with van der Waals surface area (Å²) in [5.41, 5.74) is 2.06. The summed E-state index contributed by atoms with van der Waals surface area (Å²) >= 11 is 11.4. The minimum absolute atomic E-state index is 0.00168. The molecule has 1 aromatic carbocycles. The number of alkyl halides is 1. The molecular weight excluding hydrogens is 219 g/mol. The predicted octanol–water partition coefficient (Wildman–Crippen LogP) is 3.25. The number of ketones is 1. The second-order valence-corrected chi connectivity index (χ2v) is 3.80. The molecule has 0 spiro atoms. The van der Waals surface area contributed by atoms with E-state index in [0.717, 1.165) is 12.0 Å². The quantitative estimate of drug-likeness (QED) is 0.727. The van der Waals surface area contributed by atoms with Gasteiger partial charge in [-0.2, -0.15) is 0 Å². The Kier molecular flexibility index (Phi) is 4.43. The van der Waals surface area contributed by atoms with Gasteiger partial charge >= 0.3 is 0 Å². The standard InChI is InChI=1S/C11H12Cl2O/c1-2-8-3-4-11(13)9(5-8)6-10(14)7-12/h3-5H,2,6-7H2,1H3. The van der Waals surface area contributed by atoms with E-state index < -0.39 is 0 Å². The minimum atomic E-state index is 0.00168. The summed E-state index contributed by atoms with van der Waals surface area (Å²) in [6, 6.07) is 5.76. The van der Waals surface area contributed by atoms with E-state index in [1.807, 2.05) is 18.2 Å². The van der Waals surface area contributed by atoms with Crippen molar-refractivity contribution in [1.82, 2.24) is 0 Å². The average Bonchev–Trinajstić information content (AvgIpc) is 2.21. The second-order valence-electron chi connectivity index (χ2n) is 3.13. The van der Waals surface area contributed by atoms with Crippen molar-refractivity contribution in [2.24, 2.45) is 0 Å². The molecule has 0 aliphatic carbocycles. The van der Waals surface area contributed by atoms with Crippen molar-refractivity contribution in [3.8, 4) is 0 Å². The first kappa shape index (κ1) is 11.5. The Labute approximate surface area is 94.0 Å². The van der Waals surface area contributed by atoms with Crippen LogP contribution in [0.5, 0.6) is 0 Å². The van der Waals surface area contributed by atoms with Gasteiger partial charge in [-0.05, 0) is 23.6 Å². The zero-order valence-corrected chi connectivity index (χ0v) is 9.53. The van der Waals surface area contributed by atoms with Gasteiger partial charge in [0.1, 0.15) is 0 Å². The molecule has 0 aliphatic heterocycles. The molecule has 0 amide bonds. The van der Waals surface area contributed by atoms with Gasteiger partial charge in [0.05, 0.1) is 5.88 Å². The highest BCUT2D eigenvalue weighted by atomic mass is 35.5. The summed E-state index contributed by atoms with van der Waals surface area (Å²) in [5, 5.41) is 0.640. The van der Waals surface area contributed by atoms with Crippen LogP contribution in [0.1, 0.15) is 18.1 Å². The molecule has 0 unspecified atom stereocenters. The molecule has 1 rings (SSSR count). The number of rotatable bonds is 4. The number of halogens is 2. The first-order valence-electron chi connectivity index (χ1n) is 4.52. The lowest BCUT2D eigenvalue weighted by molar-refractivity contribution is -0.116. The van der Waals surface area contributed by atoms with Crippen LogP contribution in [-0.2, 0) is 17.6 Å². The van der Waals surface area contributed by atoms with Crippen LogP contribution < -0.4 is 0 Å². The second kappa shape index (κ2) is 5.38. The normalized spacial score (nSPS) is 10.2. The van der Waals surface area contributed by atoms with Crippen molar-refractivity contribution in [3.63, 3.8) is 0 Å². The topological polar surface area (TPSA) is 17.1 Å². The van der Waals surface area contributed by atoms with Gasteiger partial charge in [0.25, 0.3) is 0 Å². The van der Waals surface area contributed by atoms with E-state index in [2.05, 4.69) is 6.92 Å². The lowest BCUT2D eigenvalue weighted by atomic mass is 10.0. The van der Waals surface area contributed by atoms with Crippen molar-refractivity contribution >= 4 is 29.0 Å². The SMILES string of the molecule is CCc1ccc(Cl)c(CC(=O)CCl)c1. The average molecular weight is 231 g/mol. The molecule has 0 N–H and O–H groups in total. The maximum atomic E-state index is 11.1. The molecule has 0 fully saturated rings. The highest BCUT2D eigenvalue weighted by molar-refractivity contribution is 6.32. The fourth-order valence-corrected chi connectivity index (χ4v) is 1.52. The Morgan fingerprint density at radius 2 is 2.14 bits per heavy atom. The summed E-state index contributed by atoms with van der Waals surface area (Å²) in [6.07, 6.45) is 1.27. The molecule has 0 saturated heterocycles. The summed E-state index contributed by atoms with van der Waals surface area (Å²) in [4.78, 5) is 11.1. The smallest absolute Gasteiger partial charge is 0.152 e. The monoisotopic (exact) mass is 230 g/mol. The van der Waals surface area contributed by atoms with Crippen molar-refractivity contribution in [2.75, 3.05) is 5.88 Å². The number of hydrogen-bond donors (Lipinski definition) is 0. The zero-order chi connectivity index (χ0) is 10.6. The largest absolute Gasteiger partial charge is 0.298 e. The van der Waals surface area contributed by atoms with Gasteiger partial charge in [-0.25, -0.2) is 0 Å². The van der Waals surface area contributed by atoms with Gasteiger partial charge in [0.2, 0.25) is 0 Å². The van der Waals surface area contributed by atoms with E-state index in [0.29, 0.717) is 11.4 Å². The summed E-state index contributed by atoms with van der Waals surface area (Å²) in [5.74, 6) is 0.0500. The molecule has 1 aromatic rings. The molecule has 76 valence electrons. The Morgan fingerprint density at radius 1 is 1.43 bits per heavy atom. The van der Waals surface area contributed by atoms with Crippen LogP contribution in [0.3, 0.4) is 0 Å². The third kappa shape index (κ3) is 3.00. The van der Waals surface area contributed by atoms with Crippen molar-refractivity contribution in [1.29, 1.82) is 0 Å². The number of carbonyl (C=O) groups is 1. The summed E-state index contributed by atoms with van der Waals surface area (Å²) in [6.45, 7) is 2.07. The van der Waals surface area contributed by atoms with E-state index in [1.165, 1.54) is 5.56 Å². The van der Waals surface area contributed by atoms with Crippen LogP contribution in [0, 0.1) is 0 Å². The molecule has 0 saturated carbocycles. The van der Waals surface area contributed by atoms with Crippen LogP contribution in [0.15, 0.2) is 18.2 Å².